The average Bonchev–Trinajstić information content (AvgIpc) is 2.54. The standard InChI is InChI=1S/C18H18FNO4/c1-11-7-8-16(23-3)15(9-11)18(22)24-12(2)17(21)20-14-6-4-5-13(19)10-14/h4-10,12H,1-3H3,(H,20,21)/t12-/m1/s1. The molecule has 0 heterocycles. The lowest BCUT2D eigenvalue weighted by Crippen LogP contribution is -2.30. The molecule has 1 N–H and O–H groups in total. The van der Waals surface area contributed by atoms with Crippen LogP contribution in [0.3, 0.4) is 0 Å². The molecule has 0 bridgehead atoms. The number of carbonyl (C=O) groups excluding carboxylic acids is 2. The Morgan fingerprint density at radius 1 is 1.17 bits per heavy atom. The molecule has 0 aliphatic carbocycles. The molecule has 0 spiro atoms. The SMILES string of the molecule is COc1ccc(C)cc1C(=O)O[C@H](C)C(=O)Nc1cccc(F)c1. The van der Waals surface area contributed by atoms with Crippen molar-refractivity contribution in [3.63, 3.8) is 0 Å². The molecule has 2 rings (SSSR count). The number of benzene rings is 2. The van der Waals surface area contributed by atoms with E-state index in [1.807, 2.05) is 6.92 Å². The minimum Gasteiger partial charge on any atom is -0.496 e. The largest absolute Gasteiger partial charge is 0.496 e. The lowest BCUT2D eigenvalue weighted by Gasteiger charge is -2.15. The van der Waals surface area contributed by atoms with Gasteiger partial charge in [0.2, 0.25) is 0 Å². The third-order valence-electron chi connectivity index (χ3n) is 3.32. The van der Waals surface area contributed by atoms with E-state index in [9.17, 15) is 14.0 Å². The van der Waals surface area contributed by atoms with Crippen molar-refractivity contribution in [2.45, 2.75) is 20.0 Å². The number of hydrogen-bond donors (Lipinski definition) is 1. The van der Waals surface area contributed by atoms with E-state index in [2.05, 4.69) is 5.32 Å². The van der Waals surface area contributed by atoms with Crippen LogP contribution in [0.15, 0.2) is 42.5 Å². The fourth-order valence-corrected chi connectivity index (χ4v) is 2.07. The maximum Gasteiger partial charge on any atom is 0.342 e. The summed E-state index contributed by atoms with van der Waals surface area (Å²) in [5, 5.41) is 2.49. The van der Waals surface area contributed by atoms with Crippen molar-refractivity contribution in [2.75, 3.05) is 12.4 Å². The highest BCUT2D eigenvalue weighted by Gasteiger charge is 2.21. The summed E-state index contributed by atoms with van der Waals surface area (Å²) in [5.41, 5.74) is 1.39. The highest BCUT2D eigenvalue weighted by Crippen LogP contribution is 2.21. The normalized spacial score (nSPS) is 11.5. The zero-order valence-corrected chi connectivity index (χ0v) is 13.6. The molecule has 0 aliphatic heterocycles. The number of rotatable bonds is 5. The molecule has 6 heteroatoms. The molecule has 0 saturated carbocycles. The molecular formula is C18H18FNO4. The van der Waals surface area contributed by atoms with E-state index >= 15 is 0 Å². The quantitative estimate of drug-likeness (QED) is 0.854. The van der Waals surface area contributed by atoms with Crippen molar-refractivity contribution in [1.29, 1.82) is 0 Å². The predicted octanol–water partition coefficient (Wildman–Crippen LogP) is 3.33. The Balaban J connectivity index is 2.06. The van der Waals surface area contributed by atoms with Gasteiger partial charge in [-0.15, -0.1) is 0 Å². The summed E-state index contributed by atoms with van der Waals surface area (Å²) in [4.78, 5) is 24.3. The highest BCUT2D eigenvalue weighted by molar-refractivity contribution is 5.98. The van der Waals surface area contributed by atoms with Crippen molar-refractivity contribution in [2.24, 2.45) is 0 Å². The van der Waals surface area contributed by atoms with E-state index < -0.39 is 23.8 Å². The number of nitrogens with one attached hydrogen (secondary N) is 1. The lowest BCUT2D eigenvalue weighted by atomic mass is 10.1. The summed E-state index contributed by atoms with van der Waals surface area (Å²) in [6.07, 6.45) is -1.05. The van der Waals surface area contributed by atoms with Gasteiger partial charge in [0.15, 0.2) is 6.10 Å². The van der Waals surface area contributed by atoms with Crippen LogP contribution >= 0.6 is 0 Å². The van der Waals surface area contributed by atoms with Gasteiger partial charge in [-0.2, -0.15) is 0 Å². The van der Waals surface area contributed by atoms with Gasteiger partial charge in [0, 0.05) is 5.69 Å². The second-order valence-corrected chi connectivity index (χ2v) is 5.25. The smallest absolute Gasteiger partial charge is 0.342 e. The fraction of sp³-hybridized carbons (Fsp3) is 0.222. The lowest BCUT2D eigenvalue weighted by molar-refractivity contribution is -0.123. The van der Waals surface area contributed by atoms with Crippen LogP contribution in [0.5, 0.6) is 5.75 Å². The number of ether oxygens (including phenoxy) is 2. The molecule has 5 nitrogen and oxygen atoms in total. The zero-order chi connectivity index (χ0) is 17.7. The summed E-state index contributed by atoms with van der Waals surface area (Å²) in [5.74, 6) is -1.33. The van der Waals surface area contributed by atoms with E-state index in [1.54, 1.807) is 24.3 Å². The maximum atomic E-state index is 13.1. The van der Waals surface area contributed by atoms with Gasteiger partial charge in [-0.05, 0) is 44.2 Å². The number of methoxy groups -OCH3 is 1. The number of halogens is 1. The molecular weight excluding hydrogens is 313 g/mol. The first kappa shape index (κ1) is 17.5. The Kier molecular flexibility index (Phi) is 5.52. The molecule has 0 unspecified atom stereocenters. The molecule has 0 radical (unpaired) electrons. The van der Waals surface area contributed by atoms with Crippen LogP contribution < -0.4 is 10.1 Å². The predicted molar refractivity (Wildman–Crippen MR) is 87.6 cm³/mol. The minimum absolute atomic E-state index is 0.239. The number of anilines is 1. The number of amides is 1. The van der Waals surface area contributed by atoms with E-state index in [0.29, 0.717) is 5.75 Å². The van der Waals surface area contributed by atoms with E-state index in [1.165, 1.54) is 32.2 Å². The van der Waals surface area contributed by atoms with Crippen LogP contribution in [0.1, 0.15) is 22.8 Å². The van der Waals surface area contributed by atoms with E-state index in [0.717, 1.165) is 5.56 Å². The van der Waals surface area contributed by atoms with Crippen LogP contribution in [0, 0.1) is 12.7 Å². The van der Waals surface area contributed by atoms with Crippen LogP contribution in [0.25, 0.3) is 0 Å². The van der Waals surface area contributed by atoms with Crippen molar-refractivity contribution in [1.82, 2.24) is 0 Å². The molecule has 0 saturated heterocycles. The molecule has 24 heavy (non-hydrogen) atoms. The molecule has 0 fully saturated rings. The van der Waals surface area contributed by atoms with Gasteiger partial charge in [-0.3, -0.25) is 4.79 Å². The summed E-state index contributed by atoms with van der Waals surface area (Å²) >= 11 is 0. The minimum atomic E-state index is -1.05. The Morgan fingerprint density at radius 3 is 2.58 bits per heavy atom. The van der Waals surface area contributed by atoms with Crippen molar-refractivity contribution < 1.29 is 23.5 Å². The van der Waals surface area contributed by atoms with E-state index in [-0.39, 0.29) is 11.3 Å². The van der Waals surface area contributed by atoms with Gasteiger partial charge >= 0.3 is 5.97 Å². The van der Waals surface area contributed by atoms with Gasteiger partial charge in [-0.1, -0.05) is 17.7 Å². The first-order chi connectivity index (χ1) is 11.4. The van der Waals surface area contributed by atoms with Crippen molar-refractivity contribution in [3.8, 4) is 5.75 Å². The Morgan fingerprint density at radius 2 is 1.92 bits per heavy atom. The zero-order valence-electron chi connectivity index (χ0n) is 13.6. The van der Waals surface area contributed by atoms with Crippen LogP contribution in [0.2, 0.25) is 0 Å². The first-order valence-electron chi connectivity index (χ1n) is 7.32. The number of carbonyl (C=O) groups is 2. The van der Waals surface area contributed by atoms with Gasteiger partial charge in [0.05, 0.1) is 7.11 Å². The number of hydrogen-bond acceptors (Lipinski definition) is 4. The van der Waals surface area contributed by atoms with Gasteiger partial charge in [-0.25, -0.2) is 9.18 Å². The second kappa shape index (κ2) is 7.59. The van der Waals surface area contributed by atoms with Gasteiger partial charge in [0.1, 0.15) is 17.1 Å². The Hall–Kier alpha value is -2.89. The topological polar surface area (TPSA) is 64.6 Å². The summed E-state index contributed by atoms with van der Waals surface area (Å²) in [7, 11) is 1.45. The fourth-order valence-electron chi connectivity index (χ4n) is 2.07. The van der Waals surface area contributed by atoms with E-state index in [4.69, 9.17) is 9.47 Å². The number of esters is 1. The van der Waals surface area contributed by atoms with Crippen molar-refractivity contribution in [3.05, 3.63) is 59.4 Å². The first-order valence-corrected chi connectivity index (χ1v) is 7.32. The third-order valence-corrected chi connectivity index (χ3v) is 3.32. The van der Waals surface area contributed by atoms with Crippen LogP contribution in [-0.2, 0) is 9.53 Å². The molecule has 1 atom stereocenters. The summed E-state index contributed by atoms with van der Waals surface area (Å²) < 4.78 is 23.4. The number of aryl methyl sites for hydroxylation is 1. The molecule has 1 amide bonds. The summed E-state index contributed by atoms with van der Waals surface area (Å²) in [6.45, 7) is 3.27. The Bertz CT molecular complexity index is 760. The third kappa shape index (κ3) is 4.32. The average molecular weight is 331 g/mol. The molecule has 0 aliphatic rings. The monoisotopic (exact) mass is 331 g/mol. The van der Waals surface area contributed by atoms with Crippen molar-refractivity contribution >= 4 is 17.6 Å². The molecule has 2 aromatic carbocycles. The molecule has 0 aromatic heterocycles. The van der Waals surface area contributed by atoms with Gasteiger partial charge in [0.25, 0.3) is 5.91 Å². The van der Waals surface area contributed by atoms with Crippen LogP contribution in [-0.4, -0.2) is 25.1 Å². The molecule has 126 valence electrons. The van der Waals surface area contributed by atoms with Crippen LogP contribution in [0.4, 0.5) is 10.1 Å². The Labute approximate surface area is 139 Å². The molecule has 2 aromatic rings. The second-order valence-electron chi connectivity index (χ2n) is 5.25. The summed E-state index contributed by atoms with van der Waals surface area (Å²) in [6, 6.07) is 10.5. The van der Waals surface area contributed by atoms with Gasteiger partial charge < -0.3 is 14.8 Å². The maximum absolute atomic E-state index is 13.1. The highest BCUT2D eigenvalue weighted by atomic mass is 19.1.